The zero-order valence-electron chi connectivity index (χ0n) is 19.2. The number of hydrogen-bond donors (Lipinski definition) is 1. The van der Waals surface area contributed by atoms with Crippen molar-refractivity contribution in [2.24, 2.45) is 7.05 Å². The maximum Gasteiger partial charge on any atom is 0.287 e. The molecule has 164 valence electrons. The summed E-state index contributed by atoms with van der Waals surface area (Å²) in [6.07, 6.45) is 0. The van der Waals surface area contributed by atoms with Gasteiger partial charge in [0, 0.05) is 17.1 Å². The van der Waals surface area contributed by atoms with Gasteiger partial charge < -0.3 is 14.2 Å². The summed E-state index contributed by atoms with van der Waals surface area (Å²) in [7, 11) is 3.79. The SMILES string of the molecule is COc1cccc(-c2[nH]c3cc4c(cc3[n+]2C)Oc2cccc3c2B4c2ccccc2O3)c1C. The van der Waals surface area contributed by atoms with Crippen LogP contribution in [0.5, 0.6) is 28.7 Å². The molecule has 0 amide bonds. The van der Waals surface area contributed by atoms with Crippen LogP contribution in [0.1, 0.15) is 5.56 Å². The average molecular weight is 445 g/mol. The van der Waals surface area contributed by atoms with E-state index in [1.54, 1.807) is 7.11 Å². The van der Waals surface area contributed by atoms with Gasteiger partial charge in [-0.15, -0.1) is 0 Å². The van der Waals surface area contributed by atoms with E-state index in [2.05, 4.69) is 53.9 Å². The molecule has 0 bridgehead atoms. The molecule has 5 aromatic rings. The molecule has 0 atom stereocenters. The Morgan fingerprint density at radius 1 is 0.824 bits per heavy atom. The molecule has 0 aliphatic carbocycles. The fourth-order valence-electron chi connectivity index (χ4n) is 5.46. The second-order valence-corrected chi connectivity index (χ2v) is 8.92. The smallest absolute Gasteiger partial charge is 0.287 e. The molecule has 7 rings (SSSR count). The summed E-state index contributed by atoms with van der Waals surface area (Å²) in [4.78, 5) is 3.67. The molecular formula is C28H22BN2O3+. The number of benzene rings is 4. The fraction of sp³-hybridized carbons (Fsp3) is 0.107. The van der Waals surface area contributed by atoms with Gasteiger partial charge in [0.05, 0.1) is 19.7 Å². The van der Waals surface area contributed by atoms with Gasteiger partial charge in [-0.1, -0.05) is 30.3 Å². The number of imidazole rings is 1. The van der Waals surface area contributed by atoms with Crippen LogP contribution < -0.4 is 35.2 Å². The molecule has 0 spiro atoms. The van der Waals surface area contributed by atoms with Crippen LogP contribution in [0.3, 0.4) is 0 Å². The molecule has 0 unspecified atom stereocenters. The van der Waals surface area contributed by atoms with Crippen molar-refractivity contribution in [3.8, 4) is 40.1 Å². The highest BCUT2D eigenvalue weighted by Crippen LogP contribution is 2.35. The Bertz CT molecular complexity index is 1640. The zero-order valence-corrected chi connectivity index (χ0v) is 19.2. The minimum atomic E-state index is 0.0555. The van der Waals surface area contributed by atoms with Gasteiger partial charge in [-0.25, -0.2) is 9.55 Å². The Labute approximate surface area is 197 Å². The first-order valence-corrected chi connectivity index (χ1v) is 11.4. The lowest BCUT2D eigenvalue weighted by Crippen LogP contribution is -2.57. The number of rotatable bonds is 2. The lowest BCUT2D eigenvalue weighted by molar-refractivity contribution is -0.633. The lowest BCUT2D eigenvalue weighted by atomic mass is 9.35. The van der Waals surface area contributed by atoms with E-state index in [0.29, 0.717) is 0 Å². The van der Waals surface area contributed by atoms with Crippen molar-refractivity contribution in [1.82, 2.24) is 4.98 Å². The number of hydrogen-bond acceptors (Lipinski definition) is 3. The average Bonchev–Trinajstić information content (AvgIpc) is 3.18. The molecule has 1 N–H and O–H groups in total. The summed E-state index contributed by atoms with van der Waals surface area (Å²) in [6.45, 7) is 2.14. The molecular weight excluding hydrogens is 423 g/mol. The van der Waals surface area contributed by atoms with E-state index in [9.17, 15) is 0 Å². The number of aromatic nitrogens is 2. The van der Waals surface area contributed by atoms with Gasteiger partial charge in [0.1, 0.15) is 28.7 Å². The first-order valence-electron chi connectivity index (χ1n) is 11.4. The molecule has 2 aliphatic rings. The molecule has 4 aromatic carbocycles. The topological polar surface area (TPSA) is 47.4 Å². The first-order chi connectivity index (χ1) is 16.6. The predicted molar refractivity (Wildman–Crippen MR) is 134 cm³/mol. The van der Waals surface area contributed by atoms with Crippen LogP contribution >= 0.6 is 0 Å². The molecule has 3 heterocycles. The number of para-hydroxylation sites is 1. The van der Waals surface area contributed by atoms with Crippen molar-refractivity contribution in [3.05, 3.63) is 78.4 Å². The van der Waals surface area contributed by atoms with Gasteiger partial charge in [-0.05, 0) is 54.2 Å². The predicted octanol–water partition coefficient (Wildman–Crippen LogP) is 3.70. The third-order valence-electron chi connectivity index (χ3n) is 7.13. The van der Waals surface area contributed by atoms with Crippen LogP contribution in [0.4, 0.5) is 0 Å². The third-order valence-corrected chi connectivity index (χ3v) is 7.13. The second kappa shape index (κ2) is 6.91. The van der Waals surface area contributed by atoms with Gasteiger partial charge in [-0.3, -0.25) is 0 Å². The second-order valence-electron chi connectivity index (χ2n) is 8.92. The normalized spacial score (nSPS) is 13.0. The van der Waals surface area contributed by atoms with Crippen LogP contribution in [0.2, 0.25) is 0 Å². The Morgan fingerprint density at radius 2 is 1.56 bits per heavy atom. The highest BCUT2D eigenvalue weighted by Gasteiger charge is 2.40. The van der Waals surface area contributed by atoms with Crippen LogP contribution in [-0.2, 0) is 7.05 Å². The number of nitrogens with zero attached hydrogens (tertiary/aromatic N) is 1. The highest BCUT2D eigenvalue weighted by atomic mass is 16.5. The standard InChI is InChI=1S/C28H21BN2O3/c1-16-17(8-6-11-22(16)32-3)28-30-20-14-19-26(15-21(20)31(28)2)34-25-13-7-12-24-27(25)29(19)18-9-4-5-10-23(18)33-24/h4-15H,1-3H3/p+1. The number of H-pyrrole nitrogens is 1. The van der Waals surface area contributed by atoms with E-state index in [1.165, 1.54) is 0 Å². The summed E-state index contributed by atoms with van der Waals surface area (Å²) < 4.78 is 20.4. The van der Waals surface area contributed by atoms with Crippen LogP contribution in [0.25, 0.3) is 22.4 Å². The van der Waals surface area contributed by atoms with E-state index in [1.807, 2.05) is 42.5 Å². The molecule has 1 aromatic heterocycles. The number of nitrogens with one attached hydrogen (secondary N) is 1. The quantitative estimate of drug-likeness (QED) is 0.326. The summed E-state index contributed by atoms with van der Waals surface area (Å²) >= 11 is 0. The van der Waals surface area contributed by atoms with Gasteiger partial charge in [0.15, 0.2) is 11.0 Å². The first kappa shape index (κ1) is 19.3. The molecule has 2 aliphatic heterocycles. The Kier molecular flexibility index (Phi) is 3.92. The van der Waals surface area contributed by atoms with Gasteiger partial charge >= 0.3 is 0 Å². The summed E-state index contributed by atoms with van der Waals surface area (Å²) in [5, 5.41) is 0. The molecule has 5 nitrogen and oxygen atoms in total. The number of ether oxygens (including phenoxy) is 3. The van der Waals surface area contributed by atoms with Crippen molar-refractivity contribution < 1.29 is 18.8 Å². The largest absolute Gasteiger partial charge is 0.496 e. The molecule has 6 heteroatoms. The van der Waals surface area contributed by atoms with Crippen LogP contribution in [0.15, 0.2) is 72.8 Å². The number of fused-ring (bicyclic) bond motifs is 5. The molecule has 0 saturated carbocycles. The third kappa shape index (κ3) is 2.54. The van der Waals surface area contributed by atoms with E-state index in [4.69, 9.17) is 14.2 Å². The molecule has 0 saturated heterocycles. The monoisotopic (exact) mass is 445 g/mol. The summed E-state index contributed by atoms with van der Waals surface area (Å²) in [5.74, 6) is 5.39. The number of aryl methyl sites for hydroxylation is 1. The van der Waals surface area contributed by atoms with Gasteiger partial charge in [0.25, 0.3) is 12.5 Å². The Balaban J connectivity index is 1.47. The Morgan fingerprint density at radius 3 is 2.38 bits per heavy atom. The maximum absolute atomic E-state index is 6.45. The number of aromatic amines is 1. The van der Waals surface area contributed by atoms with Crippen molar-refractivity contribution in [2.75, 3.05) is 7.11 Å². The summed E-state index contributed by atoms with van der Waals surface area (Å²) in [5.41, 5.74) is 7.74. The van der Waals surface area contributed by atoms with Gasteiger partial charge in [0.2, 0.25) is 0 Å². The maximum atomic E-state index is 6.45. The lowest BCUT2D eigenvalue weighted by Gasteiger charge is -2.32. The number of methoxy groups -OCH3 is 1. The van der Waals surface area contributed by atoms with Gasteiger partial charge in [-0.2, -0.15) is 0 Å². The minimum Gasteiger partial charge on any atom is -0.496 e. The zero-order chi connectivity index (χ0) is 23.0. The van der Waals surface area contributed by atoms with Crippen LogP contribution in [-0.4, -0.2) is 18.8 Å². The fourth-order valence-corrected chi connectivity index (χ4v) is 5.46. The van der Waals surface area contributed by atoms with E-state index in [-0.39, 0.29) is 6.71 Å². The highest BCUT2D eigenvalue weighted by molar-refractivity contribution is 6.98. The molecule has 0 fully saturated rings. The van der Waals surface area contributed by atoms with Crippen LogP contribution in [0, 0.1) is 6.92 Å². The van der Waals surface area contributed by atoms with Crippen molar-refractivity contribution in [1.29, 1.82) is 0 Å². The van der Waals surface area contributed by atoms with Crippen molar-refractivity contribution in [3.63, 3.8) is 0 Å². The Hall–Kier alpha value is -4.19. The summed E-state index contributed by atoms with van der Waals surface area (Å²) in [6, 6.07) is 24.8. The molecule has 34 heavy (non-hydrogen) atoms. The molecule has 0 radical (unpaired) electrons. The minimum absolute atomic E-state index is 0.0555. The van der Waals surface area contributed by atoms with E-state index < -0.39 is 0 Å². The van der Waals surface area contributed by atoms with Crippen molar-refractivity contribution >= 4 is 34.1 Å². The van der Waals surface area contributed by atoms with E-state index in [0.717, 1.165) is 73.1 Å². The van der Waals surface area contributed by atoms with E-state index >= 15 is 0 Å². The van der Waals surface area contributed by atoms with Crippen molar-refractivity contribution in [2.45, 2.75) is 6.92 Å².